The van der Waals surface area contributed by atoms with Crippen LogP contribution in [0, 0.1) is 0 Å². The molecule has 0 radical (unpaired) electrons. The van der Waals surface area contributed by atoms with Crippen molar-refractivity contribution in [1.29, 1.82) is 0 Å². The molecule has 11 heteroatoms. The van der Waals surface area contributed by atoms with Crippen molar-refractivity contribution in [3.8, 4) is 0 Å². The molecule has 0 aliphatic carbocycles. The number of rotatable bonds is 6. The number of amides is 1. The maximum Gasteiger partial charge on any atom is 0.364 e. The van der Waals surface area contributed by atoms with Crippen molar-refractivity contribution >= 4 is 17.8 Å². The van der Waals surface area contributed by atoms with E-state index >= 15 is 0 Å². The van der Waals surface area contributed by atoms with Crippen molar-refractivity contribution in [1.82, 2.24) is 5.32 Å². The smallest absolute Gasteiger partial charge is 0.364 e. The summed E-state index contributed by atoms with van der Waals surface area (Å²) in [5.74, 6) is -6.15. The summed E-state index contributed by atoms with van der Waals surface area (Å²) in [6.45, 7) is 1.23. The normalized spacial score (nSPS) is 32.5. The molecule has 1 aliphatic rings. The molecule has 24 heavy (non-hydrogen) atoms. The summed E-state index contributed by atoms with van der Waals surface area (Å²) >= 11 is 0. The van der Waals surface area contributed by atoms with Crippen LogP contribution < -0.4 is 5.32 Å². The lowest BCUT2D eigenvalue weighted by Gasteiger charge is -2.45. The number of aliphatic hydroxyl groups is 4. The first-order chi connectivity index (χ1) is 11.0. The average molecular weight is 351 g/mol. The lowest BCUT2D eigenvalue weighted by Crippen LogP contribution is -2.67. The fraction of sp³-hybridized carbons (Fsp3) is 0.769. The summed E-state index contributed by atoms with van der Waals surface area (Å²) in [6, 6.07) is -1.30. The molecule has 0 aromatic rings. The maximum atomic E-state index is 11.3. The fourth-order valence-electron chi connectivity index (χ4n) is 2.46. The molecule has 1 aliphatic heterocycles. The van der Waals surface area contributed by atoms with Crippen LogP contribution in [-0.4, -0.2) is 86.2 Å². The number of hydrogen-bond donors (Lipinski definition) is 6. The lowest BCUT2D eigenvalue weighted by atomic mass is 9.88. The number of carbonyl (C=O) groups is 3. The van der Waals surface area contributed by atoms with Gasteiger partial charge in [0.1, 0.15) is 12.2 Å². The first kappa shape index (κ1) is 20.3. The number of esters is 1. The van der Waals surface area contributed by atoms with Gasteiger partial charge in [-0.3, -0.25) is 9.59 Å². The summed E-state index contributed by atoms with van der Waals surface area (Å²) in [4.78, 5) is 33.7. The SMILES string of the molecule is CC(=O)N[C@@H]1C(O)CC(O)(C(=O)O)O[C@@H]1[C@H](OC(C)=O)[C@H](O)CO. The Morgan fingerprint density at radius 2 is 1.96 bits per heavy atom. The van der Waals surface area contributed by atoms with E-state index in [9.17, 15) is 29.7 Å². The van der Waals surface area contributed by atoms with E-state index in [4.69, 9.17) is 19.7 Å². The minimum atomic E-state index is -2.83. The summed E-state index contributed by atoms with van der Waals surface area (Å²) in [6.07, 6.45) is -7.35. The maximum absolute atomic E-state index is 11.3. The van der Waals surface area contributed by atoms with E-state index in [0.29, 0.717) is 0 Å². The highest BCUT2D eigenvalue weighted by molar-refractivity contribution is 5.76. The van der Waals surface area contributed by atoms with Crippen LogP contribution in [0.25, 0.3) is 0 Å². The number of carboxylic acid groups (broad SMARTS) is 1. The highest BCUT2D eigenvalue weighted by Gasteiger charge is 2.55. The third kappa shape index (κ3) is 4.61. The second kappa shape index (κ2) is 7.85. The van der Waals surface area contributed by atoms with Crippen molar-refractivity contribution in [2.45, 2.75) is 56.5 Å². The Labute approximate surface area is 136 Å². The number of nitrogens with one attached hydrogen (secondary N) is 1. The lowest BCUT2D eigenvalue weighted by molar-refractivity contribution is -0.296. The van der Waals surface area contributed by atoms with Crippen molar-refractivity contribution in [3.63, 3.8) is 0 Å². The predicted octanol–water partition coefficient (Wildman–Crippen LogP) is -3.30. The molecule has 6 atom stereocenters. The Balaban J connectivity index is 3.25. The van der Waals surface area contributed by atoms with Gasteiger partial charge in [0.25, 0.3) is 5.79 Å². The molecule has 11 nitrogen and oxygen atoms in total. The van der Waals surface area contributed by atoms with E-state index in [0.717, 1.165) is 13.8 Å². The van der Waals surface area contributed by atoms with Crippen LogP contribution in [0.1, 0.15) is 20.3 Å². The number of aliphatic carboxylic acids is 1. The zero-order valence-corrected chi connectivity index (χ0v) is 13.1. The molecular formula is C13H21NO10. The van der Waals surface area contributed by atoms with Gasteiger partial charge in [-0.15, -0.1) is 0 Å². The molecule has 1 saturated heterocycles. The fourth-order valence-corrected chi connectivity index (χ4v) is 2.46. The number of hydrogen-bond acceptors (Lipinski definition) is 9. The van der Waals surface area contributed by atoms with Gasteiger partial charge < -0.3 is 40.3 Å². The molecule has 1 amide bonds. The van der Waals surface area contributed by atoms with Gasteiger partial charge in [0.05, 0.1) is 18.8 Å². The second-order valence-electron chi connectivity index (χ2n) is 5.49. The number of ether oxygens (including phenoxy) is 2. The average Bonchev–Trinajstić information content (AvgIpc) is 2.46. The minimum Gasteiger partial charge on any atom is -0.477 e. The molecule has 6 N–H and O–H groups in total. The summed E-state index contributed by atoms with van der Waals surface area (Å²) in [7, 11) is 0. The number of carboxylic acids is 1. The third-order valence-corrected chi connectivity index (χ3v) is 3.48. The largest absolute Gasteiger partial charge is 0.477 e. The Kier molecular flexibility index (Phi) is 6.63. The Morgan fingerprint density at radius 3 is 2.38 bits per heavy atom. The van der Waals surface area contributed by atoms with Crippen LogP contribution in [0.2, 0.25) is 0 Å². The van der Waals surface area contributed by atoms with E-state index in [1.807, 2.05) is 0 Å². The Hall–Kier alpha value is -1.79. The summed E-state index contributed by atoms with van der Waals surface area (Å²) < 4.78 is 9.87. The van der Waals surface area contributed by atoms with Crippen LogP contribution >= 0.6 is 0 Å². The molecule has 0 spiro atoms. The molecule has 1 rings (SSSR count). The van der Waals surface area contributed by atoms with Gasteiger partial charge in [-0.1, -0.05) is 0 Å². The molecule has 2 unspecified atom stereocenters. The Morgan fingerprint density at radius 1 is 1.38 bits per heavy atom. The molecule has 1 fully saturated rings. The summed E-state index contributed by atoms with van der Waals surface area (Å²) in [5.41, 5.74) is 0. The highest BCUT2D eigenvalue weighted by Crippen LogP contribution is 2.31. The van der Waals surface area contributed by atoms with E-state index in [2.05, 4.69) is 5.32 Å². The standard InChI is InChI=1S/C13H21NO10/c1-5(16)14-9-7(18)3-13(22,12(20)21)24-11(9)10(8(19)4-15)23-6(2)17/h7-11,15,18-19,22H,3-4H2,1-2H3,(H,14,16)(H,20,21)/t7?,8-,9-,10-,11+,13?/m1/s1. The topological polar surface area (TPSA) is 183 Å². The van der Waals surface area contributed by atoms with Crippen LogP contribution in [0.15, 0.2) is 0 Å². The van der Waals surface area contributed by atoms with Crippen LogP contribution in [0.3, 0.4) is 0 Å². The van der Waals surface area contributed by atoms with Crippen LogP contribution in [0.4, 0.5) is 0 Å². The molecule has 0 aromatic carbocycles. The quantitative estimate of drug-likeness (QED) is 0.265. The van der Waals surface area contributed by atoms with Gasteiger partial charge >= 0.3 is 11.9 Å². The minimum absolute atomic E-state index is 0.617. The third-order valence-electron chi connectivity index (χ3n) is 3.48. The van der Waals surface area contributed by atoms with E-state index in [-0.39, 0.29) is 0 Å². The van der Waals surface area contributed by atoms with Gasteiger partial charge in [0, 0.05) is 20.3 Å². The molecule has 0 aromatic heterocycles. The van der Waals surface area contributed by atoms with Crippen LogP contribution in [-0.2, 0) is 23.9 Å². The van der Waals surface area contributed by atoms with Gasteiger partial charge in [-0.2, -0.15) is 0 Å². The molecule has 0 saturated carbocycles. The van der Waals surface area contributed by atoms with Crippen molar-refractivity contribution < 1.29 is 49.4 Å². The van der Waals surface area contributed by atoms with E-state index in [1.54, 1.807) is 0 Å². The molecule has 1 heterocycles. The number of carbonyl (C=O) groups excluding carboxylic acids is 2. The summed E-state index contributed by atoms with van der Waals surface area (Å²) in [5, 5.41) is 50.4. The monoisotopic (exact) mass is 351 g/mol. The highest BCUT2D eigenvalue weighted by atomic mass is 16.7. The molecule has 138 valence electrons. The second-order valence-corrected chi connectivity index (χ2v) is 5.49. The zero-order valence-electron chi connectivity index (χ0n) is 13.1. The number of aliphatic hydroxyl groups excluding tert-OH is 3. The van der Waals surface area contributed by atoms with E-state index < -0.39 is 67.1 Å². The van der Waals surface area contributed by atoms with Crippen molar-refractivity contribution in [2.24, 2.45) is 0 Å². The van der Waals surface area contributed by atoms with Crippen LogP contribution in [0.5, 0.6) is 0 Å². The van der Waals surface area contributed by atoms with E-state index in [1.165, 1.54) is 0 Å². The van der Waals surface area contributed by atoms with Gasteiger partial charge in [-0.25, -0.2) is 4.79 Å². The Bertz CT molecular complexity index is 497. The van der Waals surface area contributed by atoms with Gasteiger partial charge in [0.2, 0.25) is 5.91 Å². The first-order valence-corrected chi connectivity index (χ1v) is 7.06. The predicted molar refractivity (Wildman–Crippen MR) is 74.3 cm³/mol. The molecular weight excluding hydrogens is 330 g/mol. The van der Waals surface area contributed by atoms with Gasteiger partial charge in [0.15, 0.2) is 6.10 Å². The van der Waals surface area contributed by atoms with Crippen molar-refractivity contribution in [2.75, 3.05) is 6.61 Å². The van der Waals surface area contributed by atoms with Gasteiger partial charge in [-0.05, 0) is 0 Å². The van der Waals surface area contributed by atoms with Crippen molar-refractivity contribution in [3.05, 3.63) is 0 Å². The first-order valence-electron chi connectivity index (χ1n) is 7.06. The molecule has 0 bridgehead atoms. The zero-order chi connectivity index (χ0) is 18.7.